The molecule has 0 saturated carbocycles. The van der Waals surface area contributed by atoms with E-state index >= 15 is 0 Å². The van der Waals surface area contributed by atoms with Gasteiger partial charge in [-0.3, -0.25) is 4.79 Å². The smallest absolute Gasteiger partial charge is 0.354 e. The van der Waals surface area contributed by atoms with Crippen LogP contribution in [0.4, 0.5) is 5.69 Å². The number of carboxylic acid groups (broad SMARTS) is 1. The van der Waals surface area contributed by atoms with Gasteiger partial charge in [0.2, 0.25) is 5.91 Å². The van der Waals surface area contributed by atoms with Crippen molar-refractivity contribution in [3.05, 3.63) is 24.0 Å². The van der Waals surface area contributed by atoms with Gasteiger partial charge in [0.1, 0.15) is 5.69 Å². The number of nitrogens with one attached hydrogen (secondary N) is 1. The van der Waals surface area contributed by atoms with Crippen LogP contribution >= 0.6 is 0 Å². The number of rotatable bonds is 3. The summed E-state index contributed by atoms with van der Waals surface area (Å²) in [4.78, 5) is 25.1. The molecule has 1 amide bonds. The maximum absolute atomic E-state index is 11.0. The highest BCUT2D eigenvalue weighted by atomic mass is 16.4. The molecular weight excluding hydrogens is 196 g/mol. The number of carboxylic acids is 1. The zero-order chi connectivity index (χ0) is 11.3. The summed E-state index contributed by atoms with van der Waals surface area (Å²) >= 11 is 0. The van der Waals surface area contributed by atoms with E-state index < -0.39 is 5.97 Å². The van der Waals surface area contributed by atoms with Crippen LogP contribution in [0.15, 0.2) is 18.3 Å². The molecular formula is C10H8N2O3. The third kappa shape index (κ3) is 3.12. The molecule has 76 valence electrons. The quantitative estimate of drug-likeness (QED) is 0.712. The van der Waals surface area contributed by atoms with Crippen LogP contribution in [0.2, 0.25) is 0 Å². The van der Waals surface area contributed by atoms with Crippen molar-refractivity contribution < 1.29 is 14.7 Å². The van der Waals surface area contributed by atoms with Crippen LogP contribution in [0.5, 0.6) is 0 Å². The molecule has 0 spiro atoms. The Hall–Kier alpha value is -2.35. The minimum atomic E-state index is -1.11. The number of hydrogen-bond acceptors (Lipinski definition) is 3. The molecule has 0 radical (unpaired) electrons. The maximum Gasteiger partial charge on any atom is 0.354 e. The topological polar surface area (TPSA) is 79.3 Å². The van der Waals surface area contributed by atoms with Gasteiger partial charge in [-0.2, -0.15) is 0 Å². The minimum absolute atomic E-state index is 0.0271. The molecule has 1 aromatic heterocycles. The van der Waals surface area contributed by atoms with Crippen LogP contribution in [0.1, 0.15) is 16.9 Å². The second kappa shape index (κ2) is 4.77. The summed E-state index contributed by atoms with van der Waals surface area (Å²) in [5, 5.41) is 11.0. The van der Waals surface area contributed by atoms with Crippen molar-refractivity contribution in [2.45, 2.75) is 6.42 Å². The Morgan fingerprint density at radius 3 is 2.73 bits per heavy atom. The molecule has 15 heavy (non-hydrogen) atoms. The van der Waals surface area contributed by atoms with E-state index in [-0.39, 0.29) is 18.0 Å². The summed E-state index contributed by atoms with van der Waals surface area (Å²) in [6.45, 7) is 0. The lowest BCUT2D eigenvalue weighted by atomic mass is 10.3. The predicted molar refractivity (Wildman–Crippen MR) is 53.3 cm³/mol. The van der Waals surface area contributed by atoms with Crippen molar-refractivity contribution >= 4 is 17.6 Å². The van der Waals surface area contributed by atoms with E-state index in [1.807, 2.05) is 0 Å². The molecule has 0 atom stereocenters. The average Bonchev–Trinajstić information content (AvgIpc) is 2.18. The van der Waals surface area contributed by atoms with Crippen LogP contribution in [-0.2, 0) is 4.79 Å². The van der Waals surface area contributed by atoms with Gasteiger partial charge >= 0.3 is 5.97 Å². The lowest BCUT2D eigenvalue weighted by Gasteiger charge is -2.01. The van der Waals surface area contributed by atoms with Crippen molar-refractivity contribution in [3.8, 4) is 12.3 Å². The third-order valence-corrected chi connectivity index (χ3v) is 1.53. The highest BCUT2D eigenvalue weighted by molar-refractivity contribution is 5.92. The largest absolute Gasteiger partial charge is 0.477 e. The Kier molecular flexibility index (Phi) is 3.41. The zero-order valence-electron chi connectivity index (χ0n) is 7.73. The first-order valence-electron chi connectivity index (χ1n) is 4.06. The molecule has 0 aliphatic carbocycles. The highest BCUT2D eigenvalue weighted by Crippen LogP contribution is 2.06. The number of carbonyl (C=O) groups is 2. The maximum atomic E-state index is 11.0. The molecule has 5 heteroatoms. The fourth-order valence-electron chi connectivity index (χ4n) is 0.892. The fourth-order valence-corrected chi connectivity index (χ4v) is 0.892. The number of carbonyl (C=O) groups excluding carboxylic acids is 1. The van der Waals surface area contributed by atoms with Crippen molar-refractivity contribution in [3.63, 3.8) is 0 Å². The van der Waals surface area contributed by atoms with E-state index in [4.69, 9.17) is 11.5 Å². The van der Waals surface area contributed by atoms with Crippen molar-refractivity contribution in [1.82, 2.24) is 4.98 Å². The second-order valence-electron chi connectivity index (χ2n) is 2.67. The Morgan fingerprint density at radius 1 is 1.53 bits per heavy atom. The number of aromatic carboxylic acids is 1. The predicted octanol–water partition coefficient (Wildman–Crippen LogP) is 0.742. The van der Waals surface area contributed by atoms with Crippen LogP contribution < -0.4 is 5.32 Å². The molecule has 0 saturated heterocycles. The van der Waals surface area contributed by atoms with Crippen LogP contribution in [-0.4, -0.2) is 22.0 Å². The molecule has 5 nitrogen and oxygen atoms in total. The Bertz CT molecular complexity index is 417. The standard InChI is InChI=1S/C10H8N2O3/c1-2-3-9(13)12-7-4-5-8(10(14)15)11-6-7/h1,4-6H,3H2,(H,12,13)(H,14,15). The molecule has 0 bridgehead atoms. The molecule has 1 rings (SSSR count). The average molecular weight is 204 g/mol. The van der Waals surface area contributed by atoms with E-state index in [1.165, 1.54) is 18.3 Å². The summed E-state index contributed by atoms with van der Waals surface area (Å²) in [7, 11) is 0. The second-order valence-corrected chi connectivity index (χ2v) is 2.67. The van der Waals surface area contributed by atoms with Gasteiger partial charge in [-0.15, -0.1) is 6.42 Å². The number of terminal acetylenes is 1. The SMILES string of the molecule is C#CCC(=O)Nc1ccc(C(=O)O)nc1. The summed E-state index contributed by atoms with van der Waals surface area (Å²) < 4.78 is 0. The number of aromatic nitrogens is 1. The number of anilines is 1. The van der Waals surface area contributed by atoms with Gasteiger partial charge in [-0.1, -0.05) is 5.92 Å². The summed E-state index contributed by atoms with van der Waals surface area (Å²) in [5.41, 5.74) is 0.338. The summed E-state index contributed by atoms with van der Waals surface area (Å²) in [6.07, 6.45) is 6.18. The molecule has 1 heterocycles. The normalized spacial score (nSPS) is 9.00. The first-order valence-corrected chi connectivity index (χ1v) is 4.06. The Morgan fingerprint density at radius 2 is 2.27 bits per heavy atom. The third-order valence-electron chi connectivity index (χ3n) is 1.53. The summed E-state index contributed by atoms with van der Waals surface area (Å²) in [5.74, 6) is 0.745. The molecule has 0 unspecified atom stereocenters. The van der Waals surface area contributed by atoms with Gasteiger partial charge in [0, 0.05) is 0 Å². The van der Waals surface area contributed by atoms with E-state index in [2.05, 4.69) is 16.2 Å². The van der Waals surface area contributed by atoms with Crippen LogP contribution in [0, 0.1) is 12.3 Å². The lowest BCUT2D eigenvalue weighted by Crippen LogP contribution is -2.10. The highest BCUT2D eigenvalue weighted by Gasteiger charge is 2.04. The number of hydrogen-bond donors (Lipinski definition) is 2. The van der Waals surface area contributed by atoms with Gasteiger partial charge in [0.25, 0.3) is 0 Å². The monoisotopic (exact) mass is 204 g/mol. The summed E-state index contributed by atoms with van der Waals surface area (Å²) in [6, 6.07) is 2.75. The molecule has 0 aliphatic heterocycles. The van der Waals surface area contributed by atoms with Gasteiger partial charge in [-0.05, 0) is 12.1 Å². The first-order chi connectivity index (χ1) is 7.13. The molecule has 0 fully saturated rings. The van der Waals surface area contributed by atoms with Gasteiger partial charge in [0.05, 0.1) is 18.3 Å². The molecule has 2 N–H and O–H groups in total. The molecule has 0 aromatic carbocycles. The fraction of sp³-hybridized carbons (Fsp3) is 0.100. The van der Waals surface area contributed by atoms with E-state index in [0.29, 0.717) is 5.69 Å². The van der Waals surface area contributed by atoms with E-state index in [1.54, 1.807) is 0 Å². The van der Waals surface area contributed by atoms with Crippen LogP contribution in [0.3, 0.4) is 0 Å². The van der Waals surface area contributed by atoms with Gasteiger partial charge < -0.3 is 10.4 Å². The van der Waals surface area contributed by atoms with Crippen molar-refractivity contribution in [1.29, 1.82) is 0 Å². The zero-order valence-corrected chi connectivity index (χ0v) is 7.73. The van der Waals surface area contributed by atoms with E-state index in [9.17, 15) is 9.59 Å². The molecule has 1 aromatic rings. The number of amides is 1. The molecule has 0 aliphatic rings. The van der Waals surface area contributed by atoms with Gasteiger partial charge in [0.15, 0.2) is 0 Å². The van der Waals surface area contributed by atoms with E-state index in [0.717, 1.165) is 0 Å². The van der Waals surface area contributed by atoms with Crippen LogP contribution in [0.25, 0.3) is 0 Å². The number of pyridine rings is 1. The lowest BCUT2D eigenvalue weighted by molar-refractivity contribution is -0.115. The first kappa shape index (κ1) is 10.7. The van der Waals surface area contributed by atoms with Crippen molar-refractivity contribution in [2.75, 3.05) is 5.32 Å². The Labute approximate surface area is 86.1 Å². The minimum Gasteiger partial charge on any atom is -0.477 e. The van der Waals surface area contributed by atoms with Crippen molar-refractivity contribution in [2.24, 2.45) is 0 Å². The number of nitrogens with zero attached hydrogens (tertiary/aromatic N) is 1. The Balaban J connectivity index is 2.69. The van der Waals surface area contributed by atoms with Gasteiger partial charge in [-0.25, -0.2) is 9.78 Å².